The van der Waals surface area contributed by atoms with Gasteiger partial charge in [0.05, 0.1) is 5.56 Å². The molecule has 1 aromatic rings. The highest BCUT2D eigenvalue weighted by Crippen LogP contribution is 2.34. The Hall–Kier alpha value is -1.97. The molecule has 1 aromatic carbocycles. The van der Waals surface area contributed by atoms with Gasteiger partial charge in [-0.2, -0.15) is 4.79 Å². The van der Waals surface area contributed by atoms with E-state index in [1.54, 1.807) is 19.1 Å². The molecule has 19 heavy (non-hydrogen) atoms. The number of Topliss-reactive ketones (excluding diaryl/α,β-unsaturated/α-hetero) is 1. The first kappa shape index (κ1) is 13.5. The lowest BCUT2D eigenvalue weighted by molar-refractivity contribution is -0.0355. The van der Waals surface area contributed by atoms with Gasteiger partial charge in [-0.05, 0) is 32.4 Å². The predicted octanol–water partition coefficient (Wildman–Crippen LogP) is 1.77. The van der Waals surface area contributed by atoms with Gasteiger partial charge in [0.1, 0.15) is 5.75 Å². The molecule has 0 fully saturated rings. The fourth-order valence-electron chi connectivity index (χ4n) is 2.31. The minimum Gasteiger partial charge on any atom is -0.474 e. The number of fused-ring (bicyclic) bond motifs is 1. The number of aliphatic hydroxyl groups excluding tert-OH is 1. The Morgan fingerprint density at radius 2 is 2.21 bits per heavy atom. The maximum atomic E-state index is 12.3. The van der Waals surface area contributed by atoms with Crippen LogP contribution in [0.3, 0.4) is 0 Å². The first-order valence-corrected chi connectivity index (χ1v) is 6.19. The highest BCUT2D eigenvalue weighted by atomic mass is 16.5. The van der Waals surface area contributed by atoms with E-state index in [4.69, 9.17) is 15.4 Å². The van der Waals surface area contributed by atoms with Gasteiger partial charge in [0.2, 0.25) is 5.60 Å². The van der Waals surface area contributed by atoms with Gasteiger partial charge in [0, 0.05) is 13.0 Å². The van der Waals surface area contributed by atoms with E-state index in [1.165, 1.54) is 0 Å². The molecule has 5 nitrogen and oxygen atoms in total. The summed E-state index contributed by atoms with van der Waals surface area (Å²) in [6.07, 6.45) is 0.867. The number of nitrogens with zero attached hydrogens (tertiary/aromatic N) is 2. The number of hydrogen-bond donors (Lipinski definition) is 1. The number of carbonyl (C=O) groups excluding carboxylic acids is 1. The van der Waals surface area contributed by atoms with Crippen LogP contribution in [0.15, 0.2) is 18.2 Å². The quantitative estimate of drug-likeness (QED) is 0.664. The minimum absolute atomic E-state index is 0.00734. The summed E-state index contributed by atoms with van der Waals surface area (Å²) in [5, 5.41) is 8.93. The Morgan fingerprint density at radius 1 is 1.47 bits per heavy atom. The highest BCUT2D eigenvalue weighted by Gasteiger charge is 2.49. The lowest BCUT2D eigenvalue weighted by Gasteiger charge is -2.30. The molecule has 0 bridgehead atoms. The second-order valence-corrected chi connectivity index (χ2v) is 4.94. The molecular weight excluding hydrogens is 244 g/mol. The Kier molecular flexibility index (Phi) is 3.51. The maximum Gasteiger partial charge on any atom is 0.382 e. The van der Waals surface area contributed by atoms with Crippen LogP contribution in [-0.2, 0) is 0 Å². The summed E-state index contributed by atoms with van der Waals surface area (Å²) >= 11 is 0. The van der Waals surface area contributed by atoms with Crippen LogP contribution in [0, 0.1) is 6.92 Å². The first-order chi connectivity index (χ1) is 9.01. The summed E-state index contributed by atoms with van der Waals surface area (Å²) in [4.78, 5) is 15.5. The van der Waals surface area contributed by atoms with E-state index in [1.807, 2.05) is 13.0 Å². The van der Waals surface area contributed by atoms with Crippen LogP contribution in [0.1, 0.15) is 35.7 Å². The number of rotatable bonds is 3. The number of ketones is 1. The molecule has 0 saturated heterocycles. The molecule has 2 rings (SSSR count). The second-order valence-electron chi connectivity index (χ2n) is 4.94. The summed E-state index contributed by atoms with van der Waals surface area (Å²) in [5.74, 6) is 0.163. The summed E-state index contributed by atoms with van der Waals surface area (Å²) in [5.41, 5.74) is 9.45. The largest absolute Gasteiger partial charge is 0.474 e. The summed E-state index contributed by atoms with van der Waals surface area (Å²) in [6, 6.07) is 5.32. The van der Waals surface area contributed by atoms with Crippen LogP contribution >= 0.6 is 0 Å². The van der Waals surface area contributed by atoms with Crippen molar-refractivity contribution in [2.75, 3.05) is 6.61 Å². The Morgan fingerprint density at radius 3 is 2.84 bits per heavy atom. The lowest BCUT2D eigenvalue weighted by Crippen LogP contribution is -2.50. The van der Waals surface area contributed by atoms with Gasteiger partial charge in [-0.3, -0.25) is 4.79 Å². The zero-order chi connectivity index (χ0) is 14.0. The molecule has 0 aromatic heterocycles. The number of aryl methyl sites for hydroxylation is 1. The van der Waals surface area contributed by atoms with E-state index in [0.29, 0.717) is 24.2 Å². The standard InChI is InChI=1S/C14H16N2O3/c1-9-4-5-11-10(8-9)12(18)13(16-15)14(2,19-11)6-3-7-17/h4-5,8,17H,3,6-7H2,1-2H3. The van der Waals surface area contributed by atoms with Crippen molar-refractivity contribution in [2.24, 2.45) is 0 Å². The van der Waals surface area contributed by atoms with Crippen molar-refractivity contribution in [1.82, 2.24) is 0 Å². The molecule has 1 N–H and O–H groups in total. The van der Waals surface area contributed by atoms with E-state index in [0.717, 1.165) is 5.56 Å². The summed E-state index contributed by atoms with van der Waals surface area (Å²) < 4.78 is 5.83. The van der Waals surface area contributed by atoms with Gasteiger partial charge < -0.3 is 15.4 Å². The zero-order valence-electron chi connectivity index (χ0n) is 11.0. The Balaban J connectivity index is 2.50. The van der Waals surface area contributed by atoms with Crippen LogP contribution in [0.4, 0.5) is 0 Å². The van der Waals surface area contributed by atoms with Gasteiger partial charge in [-0.25, -0.2) is 0 Å². The molecule has 0 spiro atoms. The molecule has 1 aliphatic rings. The molecule has 0 amide bonds. The smallest absolute Gasteiger partial charge is 0.382 e. The van der Waals surface area contributed by atoms with Crippen LogP contribution < -0.4 is 4.74 Å². The molecule has 100 valence electrons. The summed E-state index contributed by atoms with van der Waals surface area (Å²) in [6.45, 7) is 3.56. The lowest BCUT2D eigenvalue weighted by atomic mass is 9.85. The van der Waals surface area contributed by atoms with Crippen molar-refractivity contribution < 1.29 is 19.4 Å². The molecule has 0 saturated carbocycles. The van der Waals surface area contributed by atoms with Gasteiger partial charge in [-0.15, -0.1) is 0 Å². The molecule has 5 heteroatoms. The predicted molar refractivity (Wildman–Crippen MR) is 69.5 cm³/mol. The second kappa shape index (κ2) is 4.96. The van der Waals surface area contributed by atoms with Crippen LogP contribution in [-0.4, -0.2) is 33.6 Å². The van der Waals surface area contributed by atoms with Crippen molar-refractivity contribution in [2.45, 2.75) is 32.3 Å². The molecule has 1 aliphatic heterocycles. The van der Waals surface area contributed by atoms with Crippen molar-refractivity contribution in [3.05, 3.63) is 34.9 Å². The van der Waals surface area contributed by atoms with E-state index in [-0.39, 0.29) is 18.1 Å². The number of carbonyl (C=O) groups is 1. The van der Waals surface area contributed by atoms with Gasteiger partial charge >= 0.3 is 5.71 Å². The van der Waals surface area contributed by atoms with Crippen molar-refractivity contribution >= 4 is 11.5 Å². The van der Waals surface area contributed by atoms with Gasteiger partial charge in [0.25, 0.3) is 5.78 Å². The van der Waals surface area contributed by atoms with Crippen molar-refractivity contribution in [1.29, 1.82) is 0 Å². The van der Waals surface area contributed by atoms with E-state index in [2.05, 4.69) is 4.79 Å². The molecule has 1 unspecified atom stereocenters. The minimum atomic E-state index is -1.00. The number of ether oxygens (including phenoxy) is 1. The van der Waals surface area contributed by atoms with Crippen molar-refractivity contribution in [3.8, 4) is 5.75 Å². The Labute approximate surface area is 111 Å². The van der Waals surface area contributed by atoms with Crippen LogP contribution in [0.5, 0.6) is 5.75 Å². The zero-order valence-corrected chi connectivity index (χ0v) is 11.0. The summed E-state index contributed by atoms with van der Waals surface area (Å²) in [7, 11) is 0. The fraction of sp³-hybridized carbons (Fsp3) is 0.429. The average Bonchev–Trinajstić information content (AvgIpc) is 2.38. The third-order valence-corrected chi connectivity index (χ3v) is 3.34. The SMILES string of the molecule is Cc1ccc2c(c1)C(=O)C(=[N+]=[N-])C(C)(CCCO)O2. The van der Waals surface area contributed by atoms with Crippen molar-refractivity contribution in [3.63, 3.8) is 0 Å². The number of benzene rings is 1. The van der Waals surface area contributed by atoms with E-state index >= 15 is 0 Å². The average molecular weight is 260 g/mol. The molecule has 0 aliphatic carbocycles. The van der Waals surface area contributed by atoms with E-state index < -0.39 is 5.60 Å². The maximum absolute atomic E-state index is 12.3. The third-order valence-electron chi connectivity index (χ3n) is 3.34. The molecule has 1 heterocycles. The highest BCUT2D eigenvalue weighted by molar-refractivity contribution is 6.47. The first-order valence-electron chi connectivity index (χ1n) is 6.19. The number of hydrogen-bond acceptors (Lipinski definition) is 3. The normalized spacial score (nSPS) is 21.6. The van der Waals surface area contributed by atoms with Gasteiger partial charge in [-0.1, -0.05) is 11.6 Å². The van der Waals surface area contributed by atoms with Crippen LogP contribution in [0.25, 0.3) is 5.53 Å². The third kappa shape index (κ3) is 2.30. The topological polar surface area (TPSA) is 82.9 Å². The van der Waals surface area contributed by atoms with Gasteiger partial charge in [0.15, 0.2) is 0 Å². The monoisotopic (exact) mass is 260 g/mol. The number of aliphatic hydroxyl groups is 1. The fourth-order valence-corrected chi connectivity index (χ4v) is 2.31. The van der Waals surface area contributed by atoms with Crippen LogP contribution in [0.2, 0.25) is 0 Å². The molecule has 0 radical (unpaired) electrons. The van der Waals surface area contributed by atoms with E-state index in [9.17, 15) is 4.79 Å². The Bertz CT molecular complexity index is 576. The molecular formula is C14H16N2O3. The molecule has 1 atom stereocenters.